The molecule has 0 saturated heterocycles. The van der Waals surface area contributed by atoms with E-state index in [4.69, 9.17) is 0 Å². The Morgan fingerprint density at radius 2 is 1.83 bits per heavy atom. The van der Waals surface area contributed by atoms with Crippen molar-refractivity contribution in [2.24, 2.45) is 4.99 Å². The first-order chi connectivity index (χ1) is 14.3. The highest BCUT2D eigenvalue weighted by atomic mass is 19.4. The van der Waals surface area contributed by atoms with Crippen LogP contribution in [0.25, 0.3) is 0 Å². The predicted octanol–water partition coefficient (Wildman–Crippen LogP) is 3.19. The number of carbonyl (C=O) groups excluding carboxylic acids is 1. The average Bonchev–Trinajstić information content (AvgIpc) is 2.75. The molecule has 2 aromatic rings. The largest absolute Gasteiger partial charge is 0.416 e. The molecular formula is C21H26F3N5O. The summed E-state index contributed by atoms with van der Waals surface area (Å²) in [5, 5.41) is 8.98. The lowest BCUT2D eigenvalue weighted by Crippen LogP contribution is -2.42. The molecule has 1 atom stereocenters. The lowest BCUT2D eigenvalue weighted by atomic mass is 9.96. The molecule has 0 spiro atoms. The van der Waals surface area contributed by atoms with E-state index in [0.29, 0.717) is 43.1 Å². The van der Waals surface area contributed by atoms with Gasteiger partial charge in [-0.15, -0.1) is 0 Å². The SMILES string of the molecule is CN=C(NCCNC(=O)c1cccnc1)NCCC(C)c1cccc(C(F)(F)F)c1. The summed E-state index contributed by atoms with van der Waals surface area (Å²) in [4.78, 5) is 19.9. The van der Waals surface area contributed by atoms with Crippen LogP contribution in [0.5, 0.6) is 0 Å². The van der Waals surface area contributed by atoms with Gasteiger partial charge in [0.25, 0.3) is 5.91 Å². The molecule has 162 valence electrons. The summed E-state index contributed by atoms with van der Waals surface area (Å²) in [7, 11) is 1.62. The molecule has 0 saturated carbocycles. The van der Waals surface area contributed by atoms with Crippen LogP contribution < -0.4 is 16.0 Å². The Labute approximate surface area is 174 Å². The first-order valence-electron chi connectivity index (χ1n) is 9.61. The van der Waals surface area contributed by atoms with Gasteiger partial charge in [-0.1, -0.05) is 25.1 Å². The molecule has 0 bridgehead atoms. The van der Waals surface area contributed by atoms with E-state index in [9.17, 15) is 18.0 Å². The van der Waals surface area contributed by atoms with Crippen molar-refractivity contribution in [1.29, 1.82) is 0 Å². The van der Waals surface area contributed by atoms with Crippen LogP contribution in [0, 0.1) is 0 Å². The molecule has 1 unspecified atom stereocenters. The van der Waals surface area contributed by atoms with Crippen molar-refractivity contribution in [3.8, 4) is 0 Å². The second kappa shape index (κ2) is 11.2. The number of hydrogen-bond acceptors (Lipinski definition) is 3. The van der Waals surface area contributed by atoms with Gasteiger partial charge in [-0.25, -0.2) is 0 Å². The van der Waals surface area contributed by atoms with E-state index in [0.717, 1.165) is 6.07 Å². The Morgan fingerprint density at radius 3 is 2.50 bits per heavy atom. The van der Waals surface area contributed by atoms with Crippen LogP contribution in [-0.2, 0) is 6.18 Å². The Morgan fingerprint density at radius 1 is 1.10 bits per heavy atom. The minimum Gasteiger partial charge on any atom is -0.356 e. The van der Waals surface area contributed by atoms with E-state index < -0.39 is 11.7 Å². The zero-order chi connectivity index (χ0) is 22.0. The number of benzene rings is 1. The highest BCUT2D eigenvalue weighted by Crippen LogP contribution is 2.31. The number of nitrogens with one attached hydrogen (secondary N) is 3. The lowest BCUT2D eigenvalue weighted by molar-refractivity contribution is -0.137. The van der Waals surface area contributed by atoms with Gasteiger partial charge in [0.05, 0.1) is 11.1 Å². The van der Waals surface area contributed by atoms with Crippen molar-refractivity contribution < 1.29 is 18.0 Å². The molecule has 1 aromatic carbocycles. The molecule has 1 heterocycles. The third-order valence-electron chi connectivity index (χ3n) is 4.50. The maximum absolute atomic E-state index is 12.9. The van der Waals surface area contributed by atoms with E-state index in [2.05, 4.69) is 25.9 Å². The number of hydrogen-bond donors (Lipinski definition) is 3. The standard InChI is InChI=1S/C21H26F3N5O/c1-15(16-5-3-7-18(13-16)21(22,23)24)8-10-28-20(25-2)29-12-11-27-19(30)17-6-4-9-26-14-17/h3-7,9,13-15H,8,10-12H2,1-2H3,(H,27,30)(H2,25,28,29). The molecule has 0 aliphatic heterocycles. The summed E-state index contributed by atoms with van der Waals surface area (Å²) in [5.74, 6) is 0.307. The van der Waals surface area contributed by atoms with Crippen molar-refractivity contribution in [3.05, 3.63) is 65.5 Å². The fourth-order valence-corrected chi connectivity index (χ4v) is 2.77. The van der Waals surface area contributed by atoms with Crippen molar-refractivity contribution in [2.45, 2.75) is 25.4 Å². The van der Waals surface area contributed by atoms with Gasteiger partial charge in [0.15, 0.2) is 5.96 Å². The van der Waals surface area contributed by atoms with E-state index in [1.165, 1.54) is 18.3 Å². The molecule has 3 N–H and O–H groups in total. The second-order valence-corrected chi connectivity index (χ2v) is 6.74. The molecule has 2 rings (SSSR count). The number of aliphatic imine (C=N–C) groups is 1. The molecule has 30 heavy (non-hydrogen) atoms. The molecular weight excluding hydrogens is 395 g/mol. The predicted molar refractivity (Wildman–Crippen MR) is 110 cm³/mol. The van der Waals surface area contributed by atoms with Gasteiger partial charge in [0, 0.05) is 39.1 Å². The molecule has 0 aliphatic carbocycles. The number of halogens is 3. The smallest absolute Gasteiger partial charge is 0.356 e. The van der Waals surface area contributed by atoms with E-state index in [1.807, 2.05) is 6.92 Å². The number of nitrogens with zero attached hydrogens (tertiary/aromatic N) is 2. The van der Waals surface area contributed by atoms with Gasteiger partial charge in [-0.3, -0.25) is 14.8 Å². The summed E-state index contributed by atoms with van der Waals surface area (Å²) in [6, 6.07) is 8.79. The summed E-state index contributed by atoms with van der Waals surface area (Å²) >= 11 is 0. The van der Waals surface area contributed by atoms with Crippen LogP contribution >= 0.6 is 0 Å². The molecule has 1 aromatic heterocycles. The van der Waals surface area contributed by atoms with Crippen LogP contribution in [0.3, 0.4) is 0 Å². The summed E-state index contributed by atoms with van der Waals surface area (Å²) in [5.41, 5.74) is 0.502. The van der Waals surface area contributed by atoms with Crippen LogP contribution in [0.1, 0.15) is 40.7 Å². The van der Waals surface area contributed by atoms with Gasteiger partial charge in [0.2, 0.25) is 0 Å². The number of alkyl halides is 3. The zero-order valence-electron chi connectivity index (χ0n) is 17.0. The first-order valence-corrected chi connectivity index (χ1v) is 9.61. The summed E-state index contributed by atoms with van der Waals surface area (Å²) in [6.07, 6.45) is -0.608. The lowest BCUT2D eigenvalue weighted by Gasteiger charge is -2.16. The highest BCUT2D eigenvalue weighted by molar-refractivity contribution is 5.93. The Kier molecular flexibility index (Phi) is 8.64. The Bertz CT molecular complexity index is 840. The number of rotatable bonds is 8. The maximum Gasteiger partial charge on any atom is 0.416 e. The van der Waals surface area contributed by atoms with E-state index in [-0.39, 0.29) is 11.8 Å². The van der Waals surface area contributed by atoms with Crippen molar-refractivity contribution in [1.82, 2.24) is 20.9 Å². The number of guanidine groups is 1. The van der Waals surface area contributed by atoms with Crippen LogP contribution in [-0.4, -0.2) is 43.5 Å². The summed E-state index contributed by atoms with van der Waals surface area (Å²) in [6.45, 7) is 3.30. The normalized spacial score (nSPS) is 12.9. The van der Waals surface area contributed by atoms with Crippen LogP contribution in [0.2, 0.25) is 0 Å². The minimum atomic E-state index is -4.34. The van der Waals surface area contributed by atoms with Crippen molar-refractivity contribution in [2.75, 3.05) is 26.7 Å². The van der Waals surface area contributed by atoms with Gasteiger partial charge in [0.1, 0.15) is 0 Å². The Balaban J connectivity index is 1.71. The maximum atomic E-state index is 12.9. The average molecular weight is 421 g/mol. The zero-order valence-corrected chi connectivity index (χ0v) is 17.0. The van der Waals surface area contributed by atoms with E-state index in [1.54, 1.807) is 31.4 Å². The molecule has 0 radical (unpaired) electrons. The van der Waals surface area contributed by atoms with Gasteiger partial charge in [-0.05, 0) is 36.1 Å². The number of aromatic nitrogens is 1. The number of carbonyl (C=O) groups is 1. The minimum absolute atomic E-state index is 0.0447. The topological polar surface area (TPSA) is 78.4 Å². The number of amides is 1. The van der Waals surface area contributed by atoms with Crippen LogP contribution in [0.15, 0.2) is 53.8 Å². The molecule has 6 nitrogen and oxygen atoms in total. The second-order valence-electron chi connectivity index (χ2n) is 6.74. The molecule has 0 aliphatic rings. The third kappa shape index (κ3) is 7.38. The quantitative estimate of drug-likeness (QED) is 0.348. The Hall–Kier alpha value is -3.10. The van der Waals surface area contributed by atoms with Gasteiger partial charge in [-0.2, -0.15) is 13.2 Å². The van der Waals surface area contributed by atoms with Crippen LogP contribution in [0.4, 0.5) is 13.2 Å². The fraction of sp³-hybridized carbons (Fsp3) is 0.381. The highest BCUT2D eigenvalue weighted by Gasteiger charge is 2.30. The fourth-order valence-electron chi connectivity index (χ4n) is 2.77. The summed E-state index contributed by atoms with van der Waals surface area (Å²) < 4.78 is 38.6. The monoisotopic (exact) mass is 421 g/mol. The molecule has 1 amide bonds. The van der Waals surface area contributed by atoms with Crippen molar-refractivity contribution in [3.63, 3.8) is 0 Å². The number of pyridine rings is 1. The molecule has 9 heteroatoms. The van der Waals surface area contributed by atoms with Gasteiger partial charge < -0.3 is 16.0 Å². The third-order valence-corrected chi connectivity index (χ3v) is 4.50. The van der Waals surface area contributed by atoms with Crippen molar-refractivity contribution >= 4 is 11.9 Å². The molecule has 0 fully saturated rings. The van der Waals surface area contributed by atoms with E-state index >= 15 is 0 Å². The first kappa shape index (κ1) is 23.2. The van der Waals surface area contributed by atoms with Gasteiger partial charge >= 0.3 is 6.18 Å².